The van der Waals surface area contributed by atoms with E-state index in [0.29, 0.717) is 13.1 Å². The van der Waals surface area contributed by atoms with Crippen LogP contribution >= 0.6 is 0 Å². The van der Waals surface area contributed by atoms with Crippen molar-refractivity contribution in [1.29, 1.82) is 0 Å². The molecule has 0 spiro atoms. The third kappa shape index (κ3) is 6.04. The van der Waals surface area contributed by atoms with Crippen molar-refractivity contribution in [2.24, 2.45) is 0 Å². The molecule has 0 saturated heterocycles. The maximum absolute atomic E-state index is 12.0. The summed E-state index contributed by atoms with van der Waals surface area (Å²) in [5.41, 5.74) is 4.30. The summed E-state index contributed by atoms with van der Waals surface area (Å²) in [4.78, 5) is 23.8. The SMILES string of the molecule is Cc1cccc(=O)n1CCCCNC(=O)/C=C/c1ccc(-c2ccccc2)cc1. The van der Waals surface area contributed by atoms with E-state index in [1.165, 1.54) is 5.56 Å². The minimum absolute atomic E-state index is 0.0234. The lowest BCUT2D eigenvalue weighted by Crippen LogP contribution is -2.24. The Bertz CT molecular complexity index is 1020. The predicted molar refractivity (Wildman–Crippen MR) is 119 cm³/mol. The molecule has 0 atom stereocenters. The molecule has 3 rings (SSSR count). The molecule has 3 aromatic rings. The summed E-state index contributed by atoms with van der Waals surface area (Å²) in [5.74, 6) is -0.106. The zero-order chi connectivity index (χ0) is 20.5. The summed E-state index contributed by atoms with van der Waals surface area (Å²) in [7, 11) is 0. The lowest BCUT2D eigenvalue weighted by atomic mass is 10.0. The number of rotatable bonds is 8. The molecule has 0 saturated carbocycles. The van der Waals surface area contributed by atoms with E-state index in [1.54, 1.807) is 22.8 Å². The molecule has 1 N–H and O–H groups in total. The molecule has 0 unspecified atom stereocenters. The first-order valence-electron chi connectivity index (χ1n) is 9.91. The number of pyridine rings is 1. The number of hydrogen-bond acceptors (Lipinski definition) is 2. The Balaban J connectivity index is 1.41. The molecule has 0 aliphatic carbocycles. The second-order valence-corrected chi connectivity index (χ2v) is 6.98. The standard InChI is InChI=1S/C25H26N2O2/c1-20-8-7-11-25(29)27(20)19-6-5-18-26-24(28)17-14-21-12-15-23(16-13-21)22-9-3-2-4-10-22/h2-4,7-17H,5-6,18-19H2,1H3,(H,26,28)/b17-14+. The molecule has 1 aromatic heterocycles. The summed E-state index contributed by atoms with van der Waals surface area (Å²) >= 11 is 0. The van der Waals surface area contributed by atoms with Crippen molar-refractivity contribution in [1.82, 2.24) is 9.88 Å². The van der Waals surface area contributed by atoms with E-state index in [9.17, 15) is 9.59 Å². The van der Waals surface area contributed by atoms with Gasteiger partial charge in [0.25, 0.3) is 5.56 Å². The van der Waals surface area contributed by atoms with Gasteiger partial charge in [-0.1, -0.05) is 60.7 Å². The van der Waals surface area contributed by atoms with Crippen LogP contribution in [0.4, 0.5) is 0 Å². The number of aromatic nitrogens is 1. The van der Waals surface area contributed by atoms with Crippen LogP contribution in [0.15, 0.2) is 83.7 Å². The monoisotopic (exact) mass is 386 g/mol. The number of unbranched alkanes of at least 4 members (excludes halogenated alkanes) is 1. The first-order chi connectivity index (χ1) is 14.1. The average Bonchev–Trinajstić information content (AvgIpc) is 2.75. The van der Waals surface area contributed by atoms with Crippen molar-refractivity contribution < 1.29 is 4.79 Å². The first-order valence-corrected chi connectivity index (χ1v) is 9.91. The van der Waals surface area contributed by atoms with Gasteiger partial charge in [-0.25, -0.2) is 0 Å². The van der Waals surface area contributed by atoms with Crippen molar-refractivity contribution in [3.8, 4) is 11.1 Å². The fraction of sp³-hybridized carbons (Fsp3) is 0.200. The Labute approximate surface area is 171 Å². The maximum atomic E-state index is 12.0. The average molecular weight is 386 g/mol. The van der Waals surface area contributed by atoms with Gasteiger partial charge in [0.15, 0.2) is 0 Å². The molecule has 2 aromatic carbocycles. The van der Waals surface area contributed by atoms with Gasteiger partial charge in [0, 0.05) is 30.9 Å². The molecule has 0 fully saturated rings. The Kier molecular flexibility index (Phi) is 7.17. The van der Waals surface area contributed by atoms with Crippen LogP contribution in [0.3, 0.4) is 0 Å². The van der Waals surface area contributed by atoms with Crippen LogP contribution in [0.5, 0.6) is 0 Å². The quantitative estimate of drug-likeness (QED) is 0.460. The molecule has 29 heavy (non-hydrogen) atoms. The molecule has 0 radical (unpaired) electrons. The van der Waals surface area contributed by atoms with E-state index in [2.05, 4.69) is 29.6 Å². The highest BCUT2D eigenvalue weighted by molar-refractivity contribution is 5.91. The van der Waals surface area contributed by atoms with E-state index in [4.69, 9.17) is 0 Å². The van der Waals surface area contributed by atoms with Gasteiger partial charge in [-0.3, -0.25) is 9.59 Å². The summed E-state index contributed by atoms with van der Waals surface area (Å²) in [6, 6.07) is 23.6. The van der Waals surface area contributed by atoms with Crippen LogP contribution in [0.25, 0.3) is 17.2 Å². The van der Waals surface area contributed by atoms with Gasteiger partial charge in [-0.05, 0) is 48.6 Å². The Morgan fingerprint density at radius 3 is 2.34 bits per heavy atom. The van der Waals surface area contributed by atoms with Crippen LogP contribution in [0, 0.1) is 6.92 Å². The number of nitrogens with zero attached hydrogens (tertiary/aromatic N) is 1. The molecular formula is C25H26N2O2. The van der Waals surface area contributed by atoms with E-state index >= 15 is 0 Å². The minimum Gasteiger partial charge on any atom is -0.353 e. The summed E-state index contributed by atoms with van der Waals surface area (Å²) in [6.07, 6.45) is 5.04. The highest BCUT2D eigenvalue weighted by Gasteiger charge is 2.00. The van der Waals surface area contributed by atoms with Gasteiger partial charge < -0.3 is 9.88 Å². The Morgan fingerprint density at radius 1 is 0.897 bits per heavy atom. The predicted octanol–water partition coefficient (Wildman–Crippen LogP) is 4.43. The zero-order valence-corrected chi connectivity index (χ0v) is 16.7. The number of carbonyl (C=O) groups excluding carboxylic acids is 1. The maximum Gasteiger partial charge on any atom is 0.250 e. The minimum atomic E-state index is -0.106. The lowest BCUT2D eigenvalue weighted by Gasteiger charge is -2.09. The van der Waals surface area contributed by atoms with Gasteiger partial charge in [0.2, 0.25) is 5.91 Å². The van der Waals surface area contributed by atoms with Gasteiger partial charge >= 0.3 is 0 Å². The number of nitrogens with one attached hydrogen (secondary N) is 1. The van der Waals surface area contributed by atoms with Gasteiger partial charge in [-0.2, -0.15) is 0 Å². The van der Waals surface area contributed by atoms with E-state index in [0.717, 1.165) is 29.7 Å². The van der Waals surface area contributed by atoms with Crippen molar-refractivity contribution >= 4 is 12.0 Å². The molecule has 4 heteroatoms. The molecule has 0 aliphatic heterocycles. The summed E-state index contributed by atoms with van der Waals surface area (Å²) in [6.45, 7) is 3.20. The third-order valence-corrected chi connectivity index (χ3v) is 4.82. The molecule has 0 bridgehead atoms. The zero-order valence-electron chi connectivity index (χ0n) is 16.7. The highest BCUT2D eigenvalue weighted by atomic mass is 16.1. The molecule has 1 heterocycles. The topological polar surface area (TPSA) is 51.1 Å². The van der Waals surface area contributed by atoms with Crippen molar-refractivity contribution in [3.63, 3.8) is 0 Å². The molecule has 148 valence electrons. The van der Waals surface area contributed by atoms with Crippen molar-refractivity contribution in [2.45, 2.75) is 26.3 Å². The van der Waals surface area contributed by atoms with E-state index in [-0.39, 0.29) is 11.5 Å². The summed E-state index contributed by atoms with van der Waals surface area (Å²) in [5, 5.41) is 2.89. The first kappa shape index (κ1) is 20.3. The largest absolute Gasteiger partial charge is 0.353 e. The van der Waals surface area contributed by atoms with Gasteiger partial charge in [0.05, 0.1) is 0 Å². The van der Waals surface area contributed by atoms with Crippen molar-refractivity contribution in [3.05, 3.63) is 100 Å². The summed E-state index contributed by atoms with van der Waals surface area (Å²) < 4.78 is 1.76. The fourth-order valence-electron chi connectivity index (χ4n) is 3.16. The number of amides is 1. The van der Waals surface area contributed by atoms with Crippen LogP contribution in [0.1, 0.15) is 24.1 Å². The van der Waals surface area contributed by atoms with E-state index < -0.39 is 0 Å². The van der Waals surface area contributed by atoms with Gasteiger partial charge in [-0.15, -0.1) is 0 Å². The van der Waals surface area contributed by atoms with Crippen LogP contribution in [-0.4, -0.2) is 17.0 Å². The van der Waals surface area contributed by atoms with Crippen molar-refractivity contribution in [2.75, 3.05) is 6.54 Å². The lowest BCUT2D eigenvalue weighted by molar-refractivity contribution is -0.116. The van der Waals surface area contributed by atoms with E-state index in [1.807, 2.05) is 49.4 Å². The normalized spacial score (nSPS) is 10.9. The van der Waals surface area contributed by atoms with Crippen LogP contribution in [0.2, 0.25) is 0 Å². The number of benzene rings is 2. The van der Waals surface area contributed by atoms with Crippen LogP contribution < -0.4 is 10.9 Å². The highest BCUT2D eigenvalue weighted by Crippen LogP contribution is 2.19. The molecule has 4 nitrogen and oxygen atoms in total. The molecule has 1 amide bonds. The molecular weight excluding hydrogens is 360 g/mol. The second kappa shape index (κ2) is 10.2. The van der Waals surface area contributed by atoms with Crippen LogP contribution in [-0.2, 0) is 11.3 Å². The smallest absolute Gasteiger partial charge is 0.250 e. The Hall–Kier alpha value is -3.40. The van der Waals surface area contributed by atoms with Gasteiger partial charge in [0.1, 0.15) is 0 Å². The number of hydrogen-bond donors (Lipinski definition) is 1. The second-order valence-electron chi connectivity index (χ2n) is 6.98. The fourth-order valence-corrected chi connectivity index (χ4v) is 3.16. The molecule has 0 aliphatic rings. The number of carbonyl (C=O) groups is 1. The number of aryl methyl sites for hydroxylation is 1. The third-order valence-electron chi connectivity index (χ3n) is 4.82. The Morgan fingerprint density at radius 2 is 1.62 bits per heavy atom.